The fraction of sp³-hybridized carbons (Fsp3) is 0.357. The average Bonchev–Trinajstić information content (AvgIpc) is 3.00. The van der Waals surface area contributed by atoms with Gasteiger partial charge in [-0.3, -0.25) is 0 Å². The lowest BCUT2D eigenvalue weighted by molar-refractivity contribution is 0.122. The molecule has 0 atom stereocenters. The molecule has 0 radical (unpaired) electrons. The predicted octanol–water partition coefficient (Wildman–Crippen LogP) is 2.12. The first kappa shape index (κ1) is 12.0. The normalized spacial score (nSPS) is 15.5. The molecule has 5 nitrogen and oxygen atoms in total. The lowest BCUT2D eigenvalue weighted by Gasteiger charge is -2.29. The number of oxazole rings is 1. The van der Waals surface area contributed by atoms with Crippen LogP contribution in [0.1, 0.15) is 5.56 Å². The smallest absolute Gasteiger partial charge is 0.294 e. The summed E-state index contributed by atoms with van der Waals surface area (Å²) in [6.07, 6.45) is 3.19. The van der Waals surface area contributed by atoms with Crippen LogP contribution in [-0.4, -0.2) is 31.3 Å². The monoisotopic (exact) mass is 259 g/mol. The van der Waals surface area contributed by atoms with Gasteiger partial charge in [0, 0.05) is 25.3 Å². The SMILES string of the molecule is c1cc(CNc2ncco2)cc(N2CCOCC2)c1. The van der Waals surface area contributed by atoms with Gasteiger partial charge < -0.3 is 19.4 Å². The summed E-state index contributed by atoms with van der Waals surface area (Å²) in [5.41, 5.74) is 2.46. The zero-order chi connectivity index (χ0) is 12.9. The molecule has 0 unspecified atom stereocenters. The Bertz CT molecular complexity index is 507. The van der Waals surface area contributed by atoms with Crippen LogP contribution in [0.3, 0.4) is 0 Å². The summed E-state index contributed by atoms with van der Waals surface area (Å²) >= 11 is 0. The molecule has 1 N–H and O–H groups in total. The second-order valence-corrected chi connectivity index (χ2v) is 4.46. The van der Waals surface area contributed by atoms with Gasteiger partial charge in [0.2, 0.25) is 0 Å². The Morgan fingerprint density at radius 3 is 2.95 bits per heavy atom. The highest BCUT2D eigenvalue weighted by atomic mass is 16.5. The van der Waals surface area contributed by atoms with E-state index in [2.05, 4.69) is 39.5 Å². The van der Waals surface area contributed by atoms with Gasteiger partial charge in [0.05, 0.1) is 19.4 Å². The molecule has 0 saturated carbocycles. The van der Waals surface area contributed by atoms with Gasteiger partial charge in [-0.2, -0.15) is 0 Å². The third-order valence-corrected chi connectivity index (χ3v) is 3.16. The summed E-state index contributed by atoms with van der Waals surface area (Å²) in [7, 11) is 0. The highest BCUT2D eigenvalue weighted by molar-refractivity contribution is 5.49. The van der Waals surface area contributed by atoms with E-state index in [-0.39, 0.29) is 0 Å². The molecular formula is C14H17N3O2. The van der Waals surface area contributed by atoms with Crippen molar-refractivity contribution in [3.8, 4) is 0 Å². The molecule has 0 spiro atoms. The number of benzene rings is 1. The fourth-order valence-corrected chi connectivity index (χ4v) is 2.17. The Labute approximate surface area is 112 Å². The summed E-state index contributed by atoms with van der Waals surface area (Å²) in [6, 6.07) is 9.06. The topological polar surface area (TPSA) is 50.5 Å². The maximum atomic E-state index is 5.37. The lowest BCUT2D eigenvalue weighted by Crippen LogP contribution is -2.36. The van der Waals surface area contributed by atoms with Gasteiger partial charge >= 0.3 is 0 Å². The molecule has 0 amide bonds. The Morgan fingerprint density at radius 1 is 1.26 bits per heavy atom. The maximum Gasteiger partial charge on any atom is 0.294 e. The molecule has 1 aromatic carbocycles. The Kier molecular flexibility index (Phi) is 3.65. The Morgan fingerprint density at radius 2 is 2.16 bits per heavy atom. The molecule has 0 aliphatic carbocycles. The van der Waals surface area contributed by atoms with Gasteiger partial charge in [-0.1, -0.05) is 12.1 Å². The van der Waals surface area contributed by atoms with Gasteiger partial charge in [-0.15, -0.1) is 0 Å². The summed E-state index contributed by atoms with van der Waals surface area (Å²) in [5, 5.41) is 3.15. The second-order valence-electron chi connectivity index (χ2n) is 4.46. The largest absolute Gasteiger partial charge is 0.432 e. The molecule has 1 aromatic heterocycles. The van der Waals surface area contributed by atoms with E-state index in [1.54, 1.807) is 12.5 Å². The minimum absolute atomic E-state index is 0.553. The van der Waals surface area contributed by atoms with Crippen LogP contribution in [0.2, 0.25) is 0 Å². The number of aromatic nitrogens is 1. The molecule has 3 rings (SSSR count). The van der Waals surface area contributed by atoms with E-state index in [1.807, 2.05) is 0 Å². The first-order chi connectivity index (χ1) is 9.42. The molecule has 2 aromatic rings. The number of rotatable bonds is 4. The van der Waals surface area contributed by atoms with Crippen LogP contribution >= 0.6 is 0 Å². The van der Waals surface area contributed by atoms with Crippen molar-refractivity contribution in [2.45, 2.75) is 6.54 Å². The first-order valence-electron chi connectivity index (χ1n) is 6.47. The number of anilines is 2. The third-order valence-electron chi connectivity index (χ3n) is 3.16. The molecule has 0 bridgehead atoms. The van der Waals surface area contributed by atoms with Crippen molar-refractivity contribution >= 4 is 11.7 Å². The minimum atomic E-state index is 0.553. The Hall–Kier alpha value is -2.01. The number of nitrogens with one attached hydrogen (secondary N) is 1. The van der Waals surface area contributed by atoms with Gasteiger partial charge in [0.15, 0.2) is 0 Å². The second kappa shape index (κ2) is 5.75. The van der Waals surface area contributed by atoms with E-state index in [0.717, 1.165) is 26.3 Å². The number of hydrogen-bond acceptors (Lipinski definition) is 5. The Balaban J connectivity index is 1.65. The van der Waals surface area contributed by atoms with Crippen LogP contribution in [0, 0.1) is 0 Å². The zero-order valence-electron chi connectivity index (χ0n) is 10.7. The van der Waals surface area contributed by atoms with Crippen molar-refractivity contribution in [2.75, 3.05) is 36.5 Å². The molecule has 100 valence electrons. The van der Waals surface area contributed by atoms with Crippen molar-refractivity contribution in [2.24, 2.45) is 0 Å². The number of hydrogen-bond donors (Lipinski definition) is 1. The number of nitrogens with zero attached hydrogens (tertiary/aromatic N) is 2. The molecule has 1 saturated heterocycles. The highest BCUT2D eigenvalue weighted by Gasteiger charge is 2.11. The molecule has 5 heteroatoms. The molecule has 1 fully saturated rings. The van der Waals surface area contributed by atoms with E-state index >= 15 is 0 Å². The fourth-order valence-electron chi connectivity index (χ4n) is 2.17. The number of morpholine rings is 1. The zero-order valence-corrected chi connectivity index (χ0v) is 10.7. The standard InChI is InChI=1S/C14H17N3O2/c1-2-12(11-16-14-15-4-7-19-14)10-13(3-1)17-5-8-18-9-6-17/h1-4,7,10H,5-6,8-9,11H2,(H,15,16). The quantitative estimate of drug-likeness (QED) is 0.911. The summed E-state index contributed by atoms with van der Waals surface area (Å²) < 4.78 is 10.5. The summed E-state index contributed by atoms with van der Waals surface area (Å²) in [5.74, 6) is 0. The lowest BCUT2D eigenvalue weighted by atomic mass is 10.2. The highest BCUT2D eigenvalue weighted by Crippen LogP contribution is 2.18. The van der Waals surface area contributed by atoms with E-state index in [9.17, 15) is 0 Å². The van der Waals surface area contributed by atoms with Crippen molar-refractivity contribution in [3.05, 3.63) is 42.3 Å². The molecule has 1 aliphatic rings. The van der Waals surface area contributed by atoms with Crippen LogP contribution in [0.4, 0.5) is 11.7 Å². The van der Waals surface area contributed by atoms with Crippen molar-refractivity contribution < 1.29 is 9.15 Å². The third kappa shape index (κ3) is 3.06. The maximum absolute atomic E-state index is 5.37. The average molecular weight is 259 g/mol. The van der Waals surface area contributed by atoms with Crippen molar-refractivity contribution in [1.82, 2.24) is 4.98 Å². The molecule has 2 heterocycles. The predicted molar refractivity (Wildman–Crippen MR) is 73.3 cm³/mol. The van der Waals surface area contributed by atoms with Crippen LogP contribution in [0.5, 0.6) is 0 Å². The van der Waals surface area contributed by atoms with Gasteiger partial charge in [0.1, 0.15) is 6.26 Å². The number of ether oxygens (including phenoxy) is 1. The van der Waals surface area contributed by atoms with Gasteiger partial charge in [-0.05, 0) is 17.7 Å². The molecular weight excluding hydrogens is 242 g/mol. The summed E-state index contributed by atoms with van der Waals surface area (Å²) in [4.78, 5) is 6.38. The van der Waals surface area contributed by atoms with Crippen LogP contribution < -0.4 is 10.2 Å². The van der Waals surface area contributed by atoms with Crippen LogP contribution in [0.25, 0.3) is 0 Å². The van der Waals surface area contributed by atoms with E-state index < -0.39 is 0 Å². The van der Waals surface area contributed by atoms with Crippen molar-refractivity contribution in [1.29, 1.82) is 0 Å². The van der Waals surface area contributed by atoms with E-state index in [1.165, 1.54) is 11.3 Å². The van der Waals surface area contributed by atoms with E-state index in [4.69, 9.17) is 9.15 Å². The van der Waals surface area contributed by atoms with Crippen molar-refractivity contribution in [3.63, 3.8) is 0 Å². The van der Waals surface area contributed by atoms with E-state index in [0.29, 0.717) is 12.6 Å². The van der Waals surface area contributed by atoms with Crippen LogP contribution in [0.15, 0.2) is 41.1 Å². The van der Waals surface area contributed by atoms with Gasteiger partial charge in [0.25, 0.3) is 6.01 Å². The minimum Gasteiger partial charge on any atom is -0.432 e. The molecule has 1 aliphatic heterocycles. The van der Waals surface area contributed by atoms with Crippen LogP contribution in [-0.2, 0) is 11.3 Å². The van der Waals surface area contributed by atoms with Gasteiger partial charge in [-0.25, -0.2) is 4.98 Å². The summed E-state index contributed by atoms with van der Waals surface area (Å²) in [6.45, 7) is 4.23. The molecule has 19 heavy (non-hydrogen) atoms. The first-order valence-corrected chi connectivity index (χ1v) is 6.47.